The first-order valence-electron chi connectivity index (χ1n) is 7.98. The van der Waals surface area contributed by atoms with E-state index in [4.69, 9.17) is 9.47 Å². The lowest BCUT2D eigenvalue weighted by molar-refractivity contribution is -0.141. The van der Waals surface area contributed by atoms with Crippen LogP contribution in [0, 0.1) is 5.92 Å². The molecule has 1 fully saturated rings. The van der Waals surface area contributed by atoms with Crippen LogP contribution < -0.4 is 14.4 Å². The van der Waals surface area contributed by atoms with E-state index in [1.807, 2.05) is 32.0 Å². The van der Waals surface area contributed by atoms with Crippen molar-refractivity contribution in [1.29, 1.82) is 0 Å². The lowest BCUT2D eigenvalue weighted by atomic mass is 10.1. The summed E-state index contributed by atoms with van der Waals surface area (Å²) >= 11 is 0. The molecule has 1 atom stereocenters. The molecule has 0 aromatic heterocycles. The molecule has 0 spiro atoms. The molecule has 6 nitrogen and oxygen atoms in total. The van der Waals surface area contributed by atoms with Crippen molar-refractivity contribution in [1.82, 2.24) is 4.90 Å². The lowest BCUT2D eigenvalue weighted by Crippen LogP contribution is -2.57. The molecule has 2 amide bonds. The number of anilines is 1. The van der Waals surface area contributed by atoms with Gasteiger partial charge in [-0.05, 0) is 25.0 Å². The van der Waals surface area contributed by atoms with Crippen molar-refractivity contribution < 1.29 is 19.1 Å². The van der Waals surface area contributed by atoms with Gasteiger partial charge in [0.15, 0.2) is 11.5 Å². The van der Waals surface area contributed by atoms with Crippen LogP contribution in [0.15, 0.2) is 18.2 Å². The molecule has 0 aliphatic carbocycles. The lowest BCUT2D eigenvalue weighted by Gasteiger charge is -2.39. The number of nitrogens with zero attached hydrogens (tertiary/aromatic N) is 2. The van der Waals surface area contributed by atoms with Crippen LogP contribution in [0.4, 0.5) is 5.69 Å². The average molecular weight is 318 g/mol. The van der Waals surface area contributed by atoms with E-state index in [1.165, 1.54) is 0 Å². The molecule has 1 unspecified atom stereocenters. The number of amides is 2. The van der Waals surface area contributed by atoms with Gasteiger partial charge in [0.05, 0.1) is 0 Å². The Labute approximate surface area is 136 Å². The fourth-order valence-electron chi connectivity index (χ4n) is 2.99. The Kier molecular flexibility index (Phi) is 4.15. The van der Waals surface area contributed by atoms with Crippen molar-refractivity contribution in [3.05, 3.63) is 18.2 Å². The number of fused-ring (bicyclic) bond motifs is 1. The first-order chi connectivity index (χ1) is 11.0. The van der Waals surface area contributed by atoms with Crippen LogP contribution in [0.3, 0.4) is 0 Å². The third kappa shape index (κ3) is 2.98. The monoisotopic (exact) mass is 318 g/mol. The number of benzene rings is 1. The molecule has 0 radical (unpaired) electrons. The smallest absolute Gasteiger partial charge is 0.249 e. The van der Waals surface area contributed by atoms with Crippen molar-refractivity contribution >= 4 is 17.5 Å². The Morgan fingerprint density at radius 1 is 1.26 bits per heavy atom. The van der Waals surface area contributed by atoms with Crippen molar-refractivity contribution in [3.8, 4) is 11.5 Å². The maximum absolute atomic E-state index is 12.7. The van der Waals surface area contributed by atoms with Gasteiger partial charge in [0.1, 0.15) is 6.04 Å². The second-order valence-corrected chi connectivity index (χ2v) is 6.39. The zero-order chi connectivity index (χ0) is 16.6. The Morgan fingerprint density at radius 3 is 2.74 bits per heavy atom. The molecule has 124 valence electrons. The molecule has 3 rings (SSSR count). The summed E-state index contributed by atoms with van der Waals surface area (Å²) in [7, 11) is 0. The van der Waals surface area contributed by atoms with Crippen molar-refractivity contribution in [3.63, 3.8) is 0 Å². The van der Waals surface area contributed by atoms with Crippen LogP contribution in [-0.2, 0) is 9.59 Å². The minimum atomic E-state index is -0.444. The summed E-state index contributed by atoms with van der Waals surface area (Å²) in [6.45, 7) is 7.06. The van der Waals surface area contributed by atoms with Gasteiger partial charge < -0.3 is 19.3 Å². The summed E-state index contributed by atoms with van der Waals surface area (Å²) in [6, 6.07) is 5.04. The standard InChI is InChI=1S/C17H22N2O4/c1-11(2)8-16(20)18-6-7-19(17(21)12(18)3)13-4-5-14-15(9-13)23-10-22-14/h4-5,9,11-12H,6-8,10H2,1-3H3. The number of carbonyl (C=O) groups is 2. The molecule has 2 heterocycles. The number of ether oxygens (including phenoxy) is 2. The van der Waals surface area contributed by atoms with E-state index in [-0.39, 0.29) is 24.5 Å². The zero-order valence-electron chi connectivity index (χ0n) is 13.7. The van der Waals surface area contributed by atoms with Gasteiger partial charge in [-0.3, -0.25) is 9.59 Å². The van der Waals surface area contributed by atoms with Gasteiger partial charge in [0.25, 0.3) is 0 Å². The summed E-state index contributed by atoms with van der Waals surface area (Å²) in [5.74, 6) is 1.62. The van der Waals surface area contributed by atoms with E-state index in [2.05, 4.69) is 0 Å². The van der Waals surface area contributed by atoms with Crippen molar-refractivity contribution in [2.45, 2.75) is 33.2 Å². The van der Waals surface area contributed by atoms with Crippen LogP contribution >= 0.6 is 0 Å². The molecule has 2 aliphatic rings. The van der Waals surface area contributed by atoms with Crippen LogP contribution in [0.25, 0.3) is 0 Å². The minimum absolute atomic E-state index is 0.0474. The number of hydrogen-bond acceptors (Lipinski definition) is 4. The Bertz CT molecular complexity index is 629. The normalized spacial score (nSPS) is 20.3. The van der Waals surface area contributed by atoms with Gasteiger partial charge in [-0.15, -0.1) is 0 Å². The van der Waals surface area contributed by atoms with E-state index >= 15 is 0 Å². The van der Waals surface area contributed by atoms with Crippen LogP contribution in [0.5, 0.6) is 11.5 Å². The number of rotatable bonds is 3. The van der Waals surface area contributed by atoms with Crippen molar-refractivity contribution in [2.24, 2.45) is 5.92 Å². The molecule has 0 saturated carbocycles. The molecule has 0 N–H and O–H groups in total. The Hall–Kier alpha value is -2.24. The summed E-state index contributed by atoms with van der Waals surface area (Å²) in [5.41, 5.74) is 0.780. The summed E-state index contributed by atoms with van der Waals surface area (Å²) in [5, 5.41) is 0. The molecule has 1 aromatic rings. The predicted molar refractivity (Wildman–Crippen MR) is 85.5 cm³/mol. The molecule has 0 bridgehead atoms. The van der Waals surface area contributed by atoms with Gasteiger partial charge in [0, 0.05) is 31.3 Å². The molecule has 2 aliphatic heterocycles. The molecule has 1 aromatic carbocycles. The second kappa shape index (κ2) is 6.10. The Morgan fingerprint density at radius 2 is 2.00 bits per heavy atom. The van der Waals surface area contributed by atoms with Crippen LogP contribution in [-0.4, -0.2) is 42.6 Å². The highest BCUT2D eigenvalue weighted by Crippen LogP contribution is 2.36. The first kappa shape index (κ1) is 15.6. The highest BCUT2D eigenvalue weighted by atomic mass is 16.7. The molecule has 6 heteroatoms. The Balaban J connectivity index is 1.75. The van der Waals surface area contributed by atoms with Gasteiger partial charge >= 0.3 is 0 Å². The van der Waals surface area contributed by atoms with E-state index in [1.54, 1.807) is 16.7 Å². The van der Waals surface area contributed by atoms with Gasteiger partial charge in [-0.25, -0.2) is 0 Å². The van der Waals surface area contributed by atoms with Gasteiger partial charge in [-0.2, -0.15) is 0 Å². The highest BCUT2D eigenvalue weighted by Gasteiger charge is 2.35. The quantitative estimate of drug-likeness (QED) is 0.855. The number of hydrogen-bond donors (Lipinski definition) is 0. The SMILES string of the molecule is CC(C)CC(=O)N1CCN(c2ccc3c(c2)OCO3)C(=O)C1C. The third-order valence-corrected chi connectivity index (χ3v) is 4.23. The topological polar surface area (TPSA) is 59.1 Å². The van der Waals surface area contributed by atoms with Crippen LogP contribution in [0.1, 0.15) is 27.2 Å². The average Bonchev–Trinajstić information content (AvgIpc) is 2.96. The van der Waals surface area contributed by atoms with Crippen LogP contribution in [0.2, 0.25) is 0 Å². The second-order valence-electron chi connectivity index (χ2n) is 6.39. The minimum Gasteiger partial charge on any atom is -0.454 e. The number of piperazine rings is 1. The fourth-order valence-corrected chi connectivity index (χ4v) is 2.99. The summed E-state index contributed by atoms with van der Waals surface area (Å²) < 4.78 is 10.7. The molecular weight excluding hydrogens is 296 g/mol. The maximum atomic E-state index is 12.7. The van der Waals surface area contributed by atoms with E-state index in [0.717, 1.165) is 5.69 Å². The number of carbonyl (C=O) groups excluding carboxylic acids is 2. The zero-order valence-corrected chi connectivity index (χ0v) is 13.7. The first-order valence-corrected chi connectivity index (χ1v) is 7.98. The maximum Gasteiger partial charge on any atom is 0.249 e. The fraction of sp³-hybridized carbons (Fsp3) is 0.529. The largest absolute Gasteiger partial charge is 0.454 e. The summed E-state index contributed by atoms with van der Waals surface area (Å²) in [4.78, 5) is 28.4. The van der Waals surface area contributed by atoms with E-state index < -0.39 is 6.04 Å². The van der Waals surface area contributed by atoms with Gasteiger partial charge in [0.2, 0.25) is 18.6 Å². The van der Waals surface area contributed by atoms with Gasteiger partial charge in [-0.1, -0.05) is 13.8 Å². The third-order valence-electron chi connectivity index (χ3n) is 4.23. The van der Waals surface area contributed by atoms with E-state index in [9.17, 15) is 9.59 Å². The highest BCUT2D eigenvalue weighted by molar-refractivity contribution is 6.00. The summed E-state index contributed by atoms with van der Waals surface area (Å²) in [6.07, 6.45) is 0.474. The molecule has 23 heavy (non-hydrogen) atoms. The van der Waals surface area contributed by atoms with E-state index in [0.29, 0.717) is 31.0 Å². The predicted octanol–water partition coefficient (Wildman–Crippen LogP) is 2.03. The molecular formula is C17H22N2O4. The van der Waals surface area contributed by atoms with Crippen molar-refractivity contribution in [2.75, 3.05) is 24.8 Å². The molecule has 1 saturated heterocycles.